The summed E-state index contributed by atoms with van der Waals surface area (Å²) in [6, 6.07) is 6.73. The predicted molar refractivity (Wildman–Crippen MR) is 73.9 cm³/mol. The van der Waals surface area contributed by atoms with Crippen LogP contribution in [-0.4, -0.2) is 27.3 Å². The molecule has 0 aliphatic heterocycles. The fourth-order valence-electron chi connectivity index (χ4n) is 1.58. The number of benzene rings is 1. The van der Waals surface area contributed by atoms with Crippen LogP contribution < -0.4 is 5.32 Å². The molecule has 0 fully saturated rings. The van der Waals surface area contributed by atoms with Crippen LogP contribution in [0, 0.1) is 5.92 Å². The Morgan fingerprint density at radius 3 is 2.18 bits per heavy atom. The lowest BCUT2D eigenvalue weighted by Crippen LogP contribution is -2.37. The Balaban J connectivity index is 2.92. The third kappa shape index (κ3) is 4.08. The summed E-state index contributed by atoms with van der Waals surface area (Å²) < 4.78 is 25.2. The van der Waals surface area contributed by atoms with Crippen LogP contribution in [0.5, 0.6) is 0 Å². The van der Waals surface area contributed by atoms with E-state index in [1.807, 2.05) is 13.8 Å². The molecular formula is C12H18BrNO2S. The van der Waals surface area contributed by atoms with Gasteiger partial charge >= 0.3 is 0 Å². The lowest BCUT2D eigenvalue weighted by atomic mass is 10.1. The van der Waals surface area contributed by atoms with Crippen LogP contribution in [0.15, 0.2) is 33.6 Å². The highest BCUT2D eigenvalue weighted by atomic mass is 79.9. The molecule has 0 saturated carbocycles. The van der Waals surface area contributed by atoms with Gasteiger partial charge in [-0.05, 0) is 37.2 Å². The zero-order valence-electron chi connectivity index (χ0n) is 10.3. The van der Waals surface area contributed by atoms with E-state index >= 15 is 0 Å². The smallest absolute Gasteiger partial charge is 0.179 e. The van der Waals surface area contributed by atoms with E-state index in [1.54, 1.807) is 31.3 Å². The van der Waals surface area contributed by atoms with Crippen molar-refractivity contribution in [3.05, 3.63) is 28.7 Å². The zero-order valence-corrected chi connectivity index (χ0v) is 12.7. The first-order valence-corrected chi connectivity index (χ1v) is 7.97. The highest BCUT2D eigenvalue weighted by molar-refractivity contribution is 9.10. The van der Waals surface area contributed by atoms with Crippen LogP contribution in [0.1, 0.15) is 13.8 Å². The molecule has 0 heterocycles. The molecule has 1 unspecified atom stereocenters. The lowest BCUT2D eigenvalue weighted by molar-refractivity contribution is 0.455. The van der Waals surface area contributed by atoms with Gasteiger partial charge < -0.3 is 5.32 Å². The fourth-order valence-corrected chi connectivity index (χ4v) is 3.62. The van der Waals surface area contributed by atoms with Crippen molar-refractivity contribution in [1.29, 1.82) is 0 Å². The number of nitrogens with one attached hydrogen (secondary N) is 1. The van der Waals surface area contributed by atoms with Crippen LogP contribution in [0.2, 0.25) is 0 Å². The average Bonchev–Trinajstić information content (AvgIpc) is 2.26. The van der Waals surface area contributed by atoms with E-state index in [4.69, 9.17) is 0 Å². The van der Waals surface area contributed by atoms with E-state index in [2.05, 4.69) is 21.2 Å². The molecule has 0 aromatic heterocycles. The van der Waals surface area contributed by atoms with Gasteiger partial charge in [0.1, 0.15) is 0 Å². The van der Waals surface area contributed by atoms with Crippen LogP contribution in [0.3, 0.4) is 0 Å². The number of rotatable bonds is 5. The first-order chi connectivity index (χ1) is 7.86. The van der Waals surface area contributed by atoms with Gasteiger partial charge in [0, 0.05) is 10.5 Å². The summed E-state index contributed by atoms with van der Waals surface area (Å²) in [6.45, 7) is 4.02. The van der Waals surface area contributed by atoms with Gasteiger partial charge in [-0.1, -0.05) is 29.8 Å². The predicted octanol–water partition coefficient (Wildman–Crippen LogP) is 2.47. The molecule has 1 atom stereocenters. The summed E-state index contributed by atoms with van der Waals surface area (Å²) in [5.74, 6) is 0.410. The second-order valence-corrected chi connectivity index (χ2v) is 7.32. The Kier molecular flexibility index (Phi) is 5.16. The third-order valence-electron chi connectivity index (χ3n) is 2.75. The number of halogens is 1. The van der Waals surface area contributed by atoms with Crippen molar-refractivity contribution in [3.8, 4) is 0 Å². The fraction of sp³-hybridized carbons (Fsp3) is 0.500. The number of hydrogen-bond donors (Lipinski definition) is 1. The van der Waals surface area contributed by atoms with Gasteiger partial charge in [-0.2, -0.15) is 0 Å². The van der Waals surface area contributed by atoms with Crippen molar-refractivity contribution in [2.24, 2.45) is 5.92 Å². The van der Waals surface area contributed by atoms with E-state index in [-0.39, 0.29) is 17.7 Å². The van der Waals surface area contributed by atoms with E-state index in [0.29, 0.717) is 4.90 Å². The van der Waals surface area contributed by atoms with Gasteiger partial charge in [0.15, 0.2) is 9.84 Å². The summed E-state index contributed by atoms with van der Waals surface area (Å²) in [7, 11) is -1.42. The van der Waals surface area contributed by atoms with Crippen LogP contribution in [0.25, 0.3) is 0 Å². The monoisotopic (exact) mass is 319 g/mol. The Morgan fingerprint density at radius 2 is 1.76 bits per heavy atom. The minimum absolute atomic E-state index is 0.0244. The van der Waals surface area contributed by atoms with Crippen molar-refractivity contribution in [2.45, 2.75) is 24.8 Å². The van der Waals surface area contributed by atoms with Crippen molar-refractivity contribution in [3.63, 3.8) is 0 Å². The molecule has 17 heavy (non-hydrogen) atoms. The first kappa shape index (κ1) is 14.7. The van der Waals surface area contributed by atoms with Crippen LogP contribution in [-0.2, 0) is 9.84 Å². The largest absolute Gasteiger partial charge is 0.316 e. The van der Waals surface area contributed by atoms with Crippen molar-refractivity contribution >= 4 is 25.8 Å². The van der Waals surface area contributed by atoms with Crippen molar-refractivity contribution < 1.29 is 8.42 Å². The quantitative estimate of drug-likeness (QED) is 0.906. The Bertz CT molecular complexity index is 454. The second-order valence-electron chi connectivity index (χ2n) is 4.37. The molecule has 0 aliphatic rings. The maximum atomic E-state index is 12.2. The molecule has 0 saturated heterocycles. The maximum absolute atomic E-state index is 12.2. The molecule has 0 amide bonds. The number of sulfone groups is 1. The summed E-state index contributed by atoms with van der Waals surface area (Å²) in [6.07, 6.45) is 0. The van der Waals surface area contributed by atoms with E-state index in [0.717, 1.165) is 4.47 Å². The van der Waals surface area contributed by atoms with Gasteiger partial charge in [0.2, 0.25) is 0 Å². The third-order valence-corrected chi connectivity index (χ3v) is 5.06. The topological polar surface area (TPSA) is 46.2 Å². The standard InChI is InChI=1S/C12H18BrNO2S/c1-9(2)12(14-3)8-17(15,16)11-6-4-10(13)5-7-11/h4-7,9,12,14H,8H2,1-3H3. The Hall–Kier alpha value is -0.390. The molecule has 96 valence electrons. The zero-order chi connectivity index (χ0) is 13.1. The minimum atomic E-state index is -3.22. The van der Waals surface area contributed by atoms with E-state index in [1.165, 1.54) is 0 Å². The van der Waals surface area contributed by atoms with Crippen molar-refractivity contribution in [1.82, 2.24) is 5.32 Å². The van der Waals surface area contributed by atoms with Crippen LogP contribution >= 0.6 is 15.9 Å². The van der Waals surface area contributed by atoms with Crippen LogP contribution in [0.4, 0.5) is 0 Å². The van der Waals surface area contributed by atoms with Gasteiger partial charge in [0.25, 0.3) is 0 Å². The molecule has 1 aromatic rings. The number of hydrogen-bond acceptors (Lipinski definition) is 3. The summed E-state index contributed by atoms with van der Waals surface area (Å²) in [4.78, 5) is 0.376. The maximum Gasteiger partial charge on any atom is 0.179 e. The summed E-state index contributed by atoms with van der Waals surface area (Å²) >= 11 is 3.29. The van der Waals surface area contributed by atoms with Gasteiger partial charge in [-0.15, -0.1) is 0 Å². The molecular weight excluding hydrogens is 302 g/mol. The molecule has 1 rings (SSSR count). The van der Waals surface area contributed by atoms with Gasteiger partial charge in [0.05, 0.1) is 10.6 Å². The molecule has 0 aliphatic carbocycles. The van der Waals surface area contributed by atoms with E-state index in [9.17, 15) is 8.42 Å². The van der Waals surface area contributed by atoms with Gasteiger partial charge in [-0.3, -0.25) is 0 Å². The van der Waals surface area contributed by atoms with E-state index < -0.39 is 9.84 Å². The summed E-state index contributed by atoms with van der Waals surface area (Å²) in [5, 5.41) is 3.05. The molecule has 0 radical (unpaired) electrons. The minimum Gasteiger partial charge on any atom is -0.316 e. The lowest BCUT2D eigenvalue weighted by Gasteiger charge is -2.20. The SMILES string of the molecule is CNC(CS(=O)(=O)c1ccc(Br)cc1)C(C)C. The normalized spacial score (nSPS) is 13.9. The molecule has 1 aromatic carbocycles. The molecule has 0 bridgehead atoms. The molecule has 1 N–H and O–H groups in total. The van der Waals surface area contributed by atoms with Crippen molar-refractivity contribution in [2.75, 3.05) is 12.8 Å². The first-order valence-electron chi connectivity index (χ1n) is 5.52. The van der Waals surface area contributed by atoms with Gasteiger partial charge in [-0.25, -0.2) is 8.42 Å². The highest BCUT2D eigenvalue weighted by Gasteiger charge is 2.22. The highest BCUT2D eigenvalue weighted by Crippen LogP contribution is 2.17. The second kappa shape index (κ2) is 5.98. The Morgan fingerprint density at radius 1 is 1.24 bits per heavy atom. The summed E-state index contributed by atoms with van der Waals surface area (Å²) in [5.41, 5.74) is 0. The molecule has 0 spiro atoms. The molecule has 3 nitrogen and oxygen atoms in total. The average molecular weight is 320 g/mol. The molecule has 5 heteroatoms. The Labute approximate surface area is 112 Å².